The quantitative estimate of drug-likeness (QED) is 0.929. The number of nitrogens with zero attached hydrogens (tertiary/aromatic N) is 2. The maximum atomic E-state index is 12.6. The third kappa shape index (κ3) is 3.79. The van der Waals surface area contributed by atoms with Crippen LogP contribution in [0.2, 0.25) is 0 Å². The van der Waals surface area contributed by atoms with Crippen LogP contribution in [-0.2, 0) is 6.54 Å². The van der Waals surface area contributed by atoms with Crippen molar-refractivity contribution in [3.05, 3.63) is 53.2 Å². The summed E-state index contributed by atoms with van der Waals surface area (Å²) in [5.41, 5.74) is 3.02. The van der Waals surface area contributed by atoms with Crippen LogP contribution in [-0.4, -0.2) is 29.9 Å². The second-order valence-corrected chi connectivity index (χ2v) is 5.92. The Labute approximate surface area is 146 Å². The van der Waals surface area contributed by atoms with Gasteiger partial charge in [-0.1, -0.05) is 29.8 Å². The van der Waals surface area contributed by atoms with Gasteiger partial charge in [0.15, 0.2) is 5.78 Å². The number of aromatic nitrogens is 1. The summed E-state index contributed by atoms with van der Waals surface area (Å²) in [7, 11) is 0. The topological polar surface area (TPSA) is 71.5 Å². The van der Waals surface area contributed by atoms with Crippen molar-refractivity contribution < 1.29 is 14.3 Å². The molecule has 0 unspecified atom stereocenters. The Balaban J connectivity index is 1.74. The van der Waals surface area contributed by atoms with Crippen LogP contribution in [0.5, 0.6) is 5.88 Å². The molecule has 2 amide bonds. The molecule has 2 aromatic rings. The fourth-order valence-corrected chi connectivity index (χ4v) is 2.73. The van der Waals surface area contributed by atoms with Gasteiger partial charge in [0.2, 0.25) is 5.88 Å². The zero-order valence-electron chi connectivity index (χ0n) is 14.4. The van der Waals surface area contributed by atoms with Crippen molar-refractivity contribution in [3.8, 4) is 5.88 Å². The molecule has 0 aliphatic carbocycles. The van der Waals surface area contributed by atoms with Gasteiger partial charge in [-0.05, 0) is 25.5 Å². The van der Waals surface area contributed by atoms with Crippen LogP contribution in [0.3, 0.4) is 0 Å². The van der Waals surface area contributed by atoms with Gasteiger partial charge in [-0.15, -0.1) is 0 Å². The number of carbonyl (C=O) groups excluding carboxylic acids is 2. The van der Waals surface area contributed by atoms with Crippen LogP contribution in [0.25, 0.3) is 0 Å². The molecular weight excluding hydrogens is 318 g/mol. The van der Waals surface area contributed by atoms with Crippen molar-refractivity contribution >= 4 is 17.5 Å². The number of Topliss-reactive ketones (excluding diaryl/α,β-unsaturated/α-hetero) is 1. The van der Waals surface area contributed by atoms with Gasteiger partial charge in [0.05, 0.1) is 12.3 Å². The highest BCUT2D eigenvalue weighted by molar-refractivity contribution is 6.07. The number of benzene rings is 1. The molecule has 1 aliphatic rings. The van der Waals surface area contributed by atoms with Crippen LogP contribution in [0.15, 0.2) is 36.4 Å². The van der Waals surface area contributed by atoms with Crippen molar-refractivity contribution in [2.45, 2.75) is 26.8 Å². The number of carbonyl (C=O) groups is 2. The Bertz CT molecular complexity index is 787. The number of hydrogen-bond donors (Lipinski definition) is 1. The van der Waals surface area contributed by atoms with Crippen molar-refractivity contribution in [2.75, 3.05) is 18.1 Å². The second kappa shape index (κ2) is 7.34. The number of aryl methyl sites for hydroxylation is 1. The highest BCUT2D eigenvalue weighted by Gasteiger charge is 2.29. The molecule has 2 heterocycles. The minimum Gasteiger partial charge on any atom is -0.478 e. The van der Waals surface area contributed by atoms with E-state index in [2.05, 4.69) is 10.3 Å². The molecule has 0 fully saturated rings. The molecule has 0 saturated carbocycles. The lowest BCUT2D eigenvalue weighted by molar-refractivity contribution is 0.0974. The van der Waals surface area contributed by atoms with E-state index in [1.165, 1.54) is 5.56 Å². The van der Waals surface area contributed by atoms with Gasteiger partial charge in [0, 0.05) is 25.6 Å². The van der Waals surface area contributed by atoms with Crippen LogP contribution in [0, 0.1) is 6.92 Å². The summed E-state index contributed by atoms with van der Waals surface area (Å²) >= 11 is 0. The summed E-state index contributed by atoms with van der Waals surface area (Å²) in [6, 6.07) is 11.2. The third-order valence-corrected chi connectivity index (χ3v) is 4.07. The standard InChI is InChI=1S/C19H21N3O3/c1-3-25-17-9-8-15-18(21-17)16(23)10-11-22(15)19(24)20-12-14-6-4-13(2)5-7-14/h4-9H,3,10-12H2,1-2H3,(H,20,24). The number of amides is 2. The molecule has 1 N–H and O–H groups in total. The summed E-state index contributed by atoms with van der Waals surface area (Å²) in [6.45, 7) is 5.13. The molecule has 1 aromatic carbocycles. The Morgan fingerprint density at radius 2 is 2.00 bits per heavy atom. The first-order valence-corrected chi connectivity index (χ1v) is 8.36. The third-order valence-electron chi connectivity index (χ3n) is 4.07. The number of fused-ring (bicyclic) bond motifs is 1. The van der Waals surface area contributed by atoms with Crippen LogP contribution >= 0.6 is 0 Å². The molecule has 0 spiro atoms. The zero-order valence-corrected chi connectivity index (χ0v) is 14.4. The predicted octanol–water partition coefficient (Wildman–Crippen LogP) is 3.09. The molecule has 3 rings (SSSR count). The smallest absolute Gasteiger partial charge is 0.322 e. The highest BCUT2D eigenvalue weighted by atomic mass is 16.5. The van der Waals surface area contributed by atoms with Crippen LogP contribution in [0.1, 0.15) is 35.0 Å². The van der Waals surface area contributed by atoms with Crippen molar-refractivity contribution in [3.63, 3.8) is 0 Å². The number of ketones is 1. The fourth-order valence-electron chi connectivity index (χ4n) is 2.73. The average molecular weight is 339 g/mol. The Morgan fingerprint density at radius 1 is 1.24 bits per heavy atom. The number of nitrogens with one attached hydrogen (secondary N) is 1. The van der Waals surface area contributed by atoms with Gasteiger partial charge in [-0.2, -0.15) is 0 Å². The molecule has 6 heteroatoms. The SMILES string of the molecule is CCOc1ccc2c(n1)C(=O)CCN2C(=O)NCc1ccc(C)cc1. The molecule has 25 heavy (non-hydrogen) atoms. The molecule has 130 valence electrons. The van der Waals surface area contributed by atoms with Gasteiger partial charge < -0.3 is 10.1 Å². The molecule has 0 radical (unpaired) electrons. The Morgan fingerprint density at radius 3 is 2.72 bits per heavy atom. The van der Waals surface area contributed by atoms with E-state index in [1.54, 1.807) is 17.0 Å². The largest absolute Gasteiger partial charge is 0.478 e. The van der Waals surface area contributed by atoms with E-state index < -0.39 is 0 Å². The maximum Gasteiger partial charge on any atom is 0.322 e. The number of anilines is 1. The number of rotatable bonds is 4. The molecule has 0 saturated heterocycles. The molecule has 1 aromatic heterocycles. The Kier molecular flexibility index (Phi) is 4.97. The summed E-state index contributed by atoms with van der Waals surface area (Å²) < 4.78 is 5.35. The lowest BCUT2D eigenvalue weighted by atomic mass is 10.1. The van der Waals surface area contributed by atoms with E-state index in [9.17, 15) is 9.59 Å². The van der Waals surface area contributed by atoms with Crippen LogP contribution < -0.4 is 15.0 Å². The maximum absolute atomic E-state index is 12.6. The monoisotopic (exact) mass is 339 g/mol. The first-order valence-electron chi connectivity index (χ1n) is 8.36. The van der Waals surface area contributed by atoms with E-state index in [1.807, 2.05) is 38.1 Å². The van der Waals surface area contributed by atoms with E-state index >= 15 is 0 Å². The number of pyridine rings is 1. The van der Waals surface area contributed by atoms with E-state index in [4.69, 9.17) is 4.74 Å². The Hall–Kier alpha value is -2.89. The van der Waals surface area contributed by atoms with Crippen LogP contribution in [0.4, 0.5) is 10.5 Å². The summed E-state index contributed by atoms with van der Waals surface area (Å²) in [5.74, 6) is 0.329. The van der Waals surface area contributed by atoms with Crippen molar-refractivity contribution in [1.29, 1.82) is 0 Å². The van der Waals surface area contributed by atoms with Gasteiger partial charge in [-0.25, -0.2) is 9.78 Å². The predicted molar refractivity (Wildman–Crippen MR) is 95.1 cm³/mol. The molecule has 6 nitrogen and oxygen atoms in total. The summed E-state index contributed by atoms with van der Waals surface area (Å²) in [6.07, 6.45) is 0.257. The zero-order chi connectivity index (χ0) is 17.8. The first-order chi connectivity index (χ1) is 12.1. The highest BCUT2D eigenvalue weighted by Crippen LogP contribution is 2.27. The van der Waals surface area contributed by atoms with E-state index in [-0.39, 0.29) is 18.2 Å². The number of urea groups is 1. The number of hydrogen-bond acceptors (Lipinski definition) is 4. The molecular formula is C19H21N3O3. The van der Waals surface area contributed by atoms with Gasteiger partial charge in [0.1, 0.15) is 5.69 Å². The summed E-state index contributed by atoms with van der Waals surface area (Å²) in [5, 5.41) is 2.90. The van der Waals surface area contributed by atoms with Gasteiger partial charge in [0.25, 0.3) is 0 Å². The lowest BCUT2D eigenvalue weighted by Crippen LogP contribution is -2.44. The lowest BCUT2D eigenvalue weighted by Gasteiger charge is -2.28. The first kappa shape index (κ1) is 17.0. The minimum absolute atomic E-state index is 0.0702. The normalized spacial score (nSPS) is 13.4. The van der Waals surface area contributed by atoms with Gasteiger partial charge in [-0.3, -0.25) is 9.69 Å². The number of ether oxygens (including phenoxy) is 1. The average Bonchev–Trinajstić information content (AvgIpc) is 2.62. The van der Waals surface area contributed by atoms with E-state index in [0.29, 0.717) is 37.0 Å². The molecule has 1 aliphatic heterocycles. The van der Waals surface area contributed by atoms with Crippen molar-refractivity contribution in [1.82, 2.24) is 10.3 Å². The minimum atomic E-state index is -0.236. The molecule has 0 atom stereocenters. The van der Waals surface area contributed by atoms with Gasteiger partial charge >= 0.3 is 6.03 Å². The fraction of sp³-hybridized carbons (Fsp3) is 0.316. The van der Waals surface area contributed by atoms with Crippen molar-refractivity contribution in [2.24, 2.45) is 0 Å². The summed E-state index contributed by atoms with van der Waals surface area (Å²) in [4.78, 5) is 30.5. The molecule has 0 bridgehead atoms. The van der Waals surface area contributed by atoms with E-state index in [0.717, 1.165) is 5.56 Å². The second-order valence-electron chi connectivity index (χ2n) is 5.92.